The summed E-state index contributed by atoms with van der Waals surface area (Å²) in [7, 11) is 0. The van der Waals surface area contributed by atoms with Gasteiger partial charge < -0.3 is 0 Å². The maximum atomic E-state index is 2.44. The molecule has 6 rings (SSSR count). The molecule has 0 N–H and O–H groups in total. The minimum absolute atomic E-state index is 0.122. The van der Waals surface area contributed by atoms with E-state index >= 15 is 0 Å². The summed E-state index contributed by atoms with van der Waals surface area (Å²) in [5.74, 6) is 0. The molecule has 0 unspecified atom stereocenters. The molecule has 0 radical (unpaired) electrons. The predicted molar refractivity (Wildman–Crippen MR) is 154 cm³/mol. The summed E-state index contributed by atoms with van der Waals surface area (Å²) >= 11 is 0. The van der Waals surface area contributed by atoms with Gasteiger partial charge in [-0.25, -0.2) is 0 Å². The Balaban J connectivity index is 1.40. The Hall–Kier alpha value is -3.12. The van der Waals surface area contributed by atoms with Crippen molar-refractivity contribution in [1.29, 1.82) is 0 Å². The number of hydrogen-bond acceptors (Lipinski definition) is 0. The second kappa shape index (κ2) is 8.20. The van der Waals surface area contributed by atoms with Gasteiger partial charge in [0.05, 0.1) is 0 Å². The molecular formula is C36H38. The van der Waals surface area contributed by atoms with Gasteiger partial charge in [0.15, 0.2) is 0 Å². The average Bonchev–Trinajstić information content (AvgIpc) is 3.39. The van der Waals surface area contributed by atoms with Crippen molar-refractivity contribution in [3.8, 4) is 22.3 Å². The van der Waals surface area contributed by atoms with Gasteiger partial charge in [-0.1, -0.05) is 114 Å². The molecule has 0 bridgehead atoms. The van der Waals surface area contributed by atoms with E-state index < -0.39 is 0 Å². The summed E-state index contributed by atoms with van der Waals surface area (Å²) in [6, 6.07) is 27.7. The van der Waals surface area contributed by atoms with Gasteiger partial charge in [-0.2, -0.15) is 0 Å². The molecule has 0 saturated heterocycles. The molecule has 4 aromatic rings. The first-order valence-corrected chi connectivity index (χ1v) is 13.6. The highest BCUT2D eigenvalue weighted by Gasteiger charge is 2.30. The molecule has 0 spiro atoms. The lowest BCUT2D eigenvalue weighted by molar-refractivity contribution is 0.576. The third-order valence-corrected chi connectivity index (χ3v) is 8.36. The highest BCUT2D eigenvalue weighted by atomic mass is 14.3. The largest absolute Gasteiger partial charge is 0.0619 e. The van der Waals surface area contributed by atoms with Gasteiger partial charge in [0.2, 0.25) is 0 Å². The van der Waals surface area contributed by atoms with E-state index in [1.165, 1.54) is 50.1 Å². The highest BCUT2D eigenvalue weighted by Crippen LogP contribution is 2.46. The Morgan fingerprint density at radius 2 is 1.11 bits per heavy atom. The standard InChI is InChI=1S/C36H38/c1-35(2,3)32-20-18-23(30-21-26-12-8-10-14-28(26)33(30)32)15-16-24-17-19-29-27-13-9-7-11-25(27)22-31(29)34(24)36(4,5)6/h7-14,17-20H,15-16,21-22H2,1-6H3. The minimum atomic E-state index is 0.122. The van der Waals surface area contributed by atoms with Gasteiger partial charge in [-0.15, -0.1) is 0 Å². The van der Waals surface area contributed by atoms with Crippen LogP contribution in [-0.4, -0.2) is 0 Å². The van der Waals surface area contributed by atoms with E-state index in [4.69, 9.17) is 0 Å². The lowest BCUT2D eigenvalue weighted by Crippen LogP contribution is -2.18. The van der Waals surface area contributed by atoms with Crippen LogP contribution in [0.5, 0.6) is 0 Å². The quantitative estimate of drug-likeness (QED) is 0.242. The zero-order chi connectivity index (χ0) is 25.2. The Labute approximate surface area is 217 Å². The van der Waals surface area contributed by atoms with E-state index in [1.807, 2.05) is 0 Å². The molecule has 0 fully saturated rings. The van der Waals surface area contributed by atoms with Crippen LogP contribution in [0, 0.1) is 0 Å². The van der Waals surface area contributed by atoms with Crippen molar-refractivity contribution in [3.63, 3.8) is 0 Å². The van der Waals surface area contributed by atoms with E-state index in [2.05, 4.69) is 114 Å². The molecule has 182 valence electrons. The molecule has 0 saturated carbocycles. The minimum Gasteiger partial charge on any atom is -0.0619 e. The summed E-state index contributed by atoms with van der Waals surface area (Å²) < 4.78 is 0. The third-order valence-electron chi connectivity index (χ3n) is 8.36. The molecule has 0 nitrogen and oxygen atoms in total. The van der Waals surface area contributed by atoms with E-state index in [0.29, 0.717) is 0 Å². The predicted octanol–water partition coefficient (Wildman–Crippen LogP) is 9.21. The Morgan fingerprint density at radius 1 is 0.528 bits per heavy atom. The normalized spacial score (nSPS) is 13.8. The molecule has 4 aromatic carbocycles. The van der Waals surface area contributed by atoms with Crippen molar-refractivity contribution in [2.75, 3.05) is 0 Å². The van der Waals surface area contributed by atoms with E-state index in [9.17, 15) is 0 Å². The fourth-order valence-electron chi connectivity index (χ4n) is 6.84. The Kier molecular flexibility index (Phi) is 5.31. The zero-order valence-electron chi connectivity index (χ0n) is 22.8. The lowest BCUT2D eigenvalue weighted by atomic mass is 9.77. The van der Waals surface area contributed by atoms with Gasteiger partial charge in [-0.3, -0.25) is 0 Å². The molecule has 2 aliphatic rings. The van der Waals surface area contributed by atoms with Gasteiger partial charge in [-0.05, 0) is 103 Å². The van der Waals surface area contributed by atoms with Gasteiger partial charge >= 0.3 is 0 Å². The monoisotopic (exact) mass is 470 g/mol. The molecule has 0 amide bonds. The van der Waals surface area contributed by atoms with Crippen LogP contribution in [0.15, 0.2) is 72.8 Å². The maximum absolute atomic E-state index is 2.44. The van der Waals surface area contributed by atoms with Crippen LogP contribution in [0.1, 0.15) is 86.1 Å². The molecule has 0 aromatic heterocycles. The van der Waals surface area contributed by atoms with Crippen LogP contribution in [0.2, 0.25) is 0 Å². The summed E-state index contributed by atoms with van der Waals surface area (Å²) in [6.07, 6.45) is 4.32. The van der Waals surface area contributed by atoms with Crippen LogP contribution in [-0.2, 0) is 36.5 Å². The topological polar surface area (TPSA) is 0 Å². The number of benzene rings is 4. The van der Waals surface area contributed by atoms with E-state index in [1.54, 1.807) is 16.7 Å². The molecule has 0 aliphatic heterocycles. The number of aryl methyl sites for hydroxylation is 2. The van der Waals surface area contributed by atoms with Crippen molar-refractivity contribution < 1.29 is 0 Å². The number of fused-ring (bicyclic) bond motifs is 6. The summed E-state index contributed by atoms with van der Waals surface area (Å²) in [6.45, 7) is 14.2. The van der Waals surface area contributed by atoms with Crippen molar-refractivity contribution in [2.45, 2.75) is 78.1 Å². The maximum Gasteiger partial charge on any atom is -0.00104 e. The Bertz CT molecular complexity index is 1480. The second-order valence-electron chi connectivity index (χ2n) is 12.9. The fourth-order valence-corrected chi connectivity index (χ4v) is 6.84. The SMILES string of the molecule is CC(C)(C)c1ccc(CCc2ccc3c(c2C(C)(C)C)Cc2ccccc2-3)c2c1-c1ccccc1C2. The smallest absolute Gasteiger partial charge is 0.00104 e. The summed E-state index contributed by atoms with van der Waals surface area (Å²) in [5, 5.41) is 0. The van der Waals surface area contributed by atoms with Gasteiger partial charge in [0, 0.05) is 0 Å². The van der Waals surface area contributed by atoms with E-state index in [-0.39, 0.29) is 10.8 Å². The highest BCUT2D eigenvalue weighted by molar-refractivity contribution is 5.82. The van der Waals surface area contributed by atoms with Crippen LogP contribution >= 0.6 is 0 Å². The first kappa shape index (κ1) is 23.3. The van der Waals surface area contributed by atoms with Crippen LogP contribution < -0.4 is 0 Å². The van der Waals surface area contributed by atoms with Crippen LogP contribution in [0.4, 0.5) is 0 Å². The van der Waals surface area contributed by atoms with Crippen molar-refractivity contribution in [2.24, 2.45) is 0 Å². The second-order valence-corrected chi connectivity index (χ2v) is 12.9. The van der Waals surface area contributed by atoms with Crippen LogP contribution in [0.3, 0.4) is 0 Å². The first-order chi connectivity index (χ1) is 17.1. The lowest BCUT2D eigenvalue weighted by Gasteiger charge is -2.27. The molecule has 36 heavy (non-hydrogen) atoms. The molecule has 0 heteroatoms. The van der Waals surface area contributed by atoms with E-state index in [0.717, 1.165) is 25.7 Å². The fraction of sp³-hybridized carbons (Fsp3) is 0.333. The summed E-state index contributed by atoms with van der Waals surface area (Å²) in [5.41, 5.74) is 18.3. The Morgan fingerprint density at radius 3 is 1.81 bits per heavy atom. The number of hydrogen-bond donors (Lipinski definition) is 0. The van der Waals surface area contributed by atoms with Gasteiger partial charge in [0.1, 0.15) is 0 Å². The third kappa shape index (κ3) is 3.74. The van der Waals surface area contributed by atoms with Crippen molar-refractivity contribution in [1.82, 2.24) is 0 Å². The van der Waals surface area contributed by atoms with Crippen LogP contribution in [0.25, 0.3) is 22.3 Å². The van der Waals surface area contributed by atoms with Gasteiger partial charge in [0.25, 0.3) is 0 Å². The molecule has 2 aliphatic carbocycles. The van der Waals surface area contributed by atoms with Crippen molar-refractivity contribution in [3.05, 3.63) is 117 Å². The summed E-state index contributed by atoms with van der Waals surface area (Å²) in [4.78, 5) is 0. The first-order valence-electron chi connectivity index (χ1n) is 13.6. The molecular weight excluding hydrogens is 432 g/mol. The molecule has 0 heterocycles. The van der Waals surface area contributed by atoms with Crippen molar-refractivity contribution >= 4 is 0 Å². The average molecular weight is 471 g/mol. The number of rotatable bonds is 3. The molecule has 0 atom stereocenters. The zero-order valence-corrected chi connectivity index (χ0v) is 22.8.